The van der Waals surface area contributed by atoms with Gasteiger partial charge in [-0.2, -0.15) is 13.5 Å². The lowest BCUT2D eigenvalue weighted by Gasteiger charge is -2.09. The highest BCUT2D eigenvalue weighted by molar-refractivity contribution is 7.86. The lowest BCUT2D eigenvalue weighted by atomic mass is 10.1. The van der Waals surface area contributed by atoms with Crippen molar-refractivity contribution in [2.75, 3.05) is 20.5 Å². The molecule has 10 heteroatoms. The number of fused-ring (bicyclic) bond motifs is 1. The summed E-state index contributed by atoms with van der Waals surface area (Å²) in [4.78, 5) is 9.04. The second kappa shape index (κ2) is 8.23. The molecule has 2 heterocycles. The topological polar surface area (TPSA) is 105 Å². The summed E-state index contributed by atoms with van der Waals surface area (Å²) in [7, 11) is -0.518. The van der Waals surface area contributed by atoms with E-state index >= 15 is 0 Å². The summed E-state index contributed by atoms with van der Waals surface area (Å²) >= 11 is 0. The van der Waals surface area contributed by atoms with E-state index < -0.39 is 10.1 Å². The fourth-order valence-corrected chi connectivity index (χ4v) is 3.65. The van der Waals surface area contributed by atoms with Gasteiger partial charge in [-0.05, 0) is 29.8 Å². The minimum absolute atomic E-state index is 0.174. The van der Waals surface area contributed by atoms with Crippen molar-refractivity contribution in [3.8, 4) is 28.5 Å². The van der Waals surface area contributed by atoms with E-state index in [1.54, 1.807) is 61.5 Å². The molecule has 9 nitrogen and oxygen atoms in total. The lowest BCUT2D eigenvalue weighted by molar-refractivity contribution is 0.393. The average molecular weight is 440 g/mol. The summed E-state index contributed by atoms with van der Waals surface area (Å²) in [6.07, 6.45) is 4.69. The predicted molar refractivity (Wildman–Crippen MR) is 114 cm³/mol. The number of nitrogens with zero attached hydrogens (tertiary/aromatic N) is 4. The number of rotatable bonds is 7. The molecule has 0 aliphatic carbocycles. The third kappa shape index (κ3) is 4.58. The number of methoxy groups -OCH3 is 2. The first-order valence-corrected chi connectivity index (χ1v) is 11.1. The number of para-hydroxylation sites is 1. The normalized spacial score (nSPS) is 11.5. The molecule has 0 saturated heterocycles. The van der Waals surface area contributed by atoms with E-state index in [4.69, 9.17) is 13.7 Å². The highest BCUT2D eigenvalue weighted by Gasteiger charge is 2.17. The Balaban J connectivity index is 1.76. The molecule has 2 aromatic heterocycles. The Kier molecular flexibility index (Phi) is 5.47. The molecular weight excluding hydrogens is 420 g/mol. The zero-order valence-corrected chi connectivity index (χ0v) is 18.0. The predicted octanol–water partition coefficient (Wildman–Crippen LogP) is 2.74. The molecule has 0 unspecified atom stereocenters. The maximum Gasteiger partial charge on any atom is 0.306 e. The Hall–Kier alpha value is -3.66. The molecule has 0 amide bonds. The van der Waals surface area contributed by atoms with Gasteiger partial charge in [-0.25, -0.2) is 9.50 Å². The highest BCUT2D eigenvalue weighted by atomic mass is 32.2. The molecule has 4 aromatic rings. The van der Waals surface area contributed by atoms with Crippen LogP contribution in [-0.4, -0.2) is 48.5 Å². The lowest BCUT2D eigenvalue weighted by Crippen LogP contribution is -2.07. The third-order valence-corrected chi connectivity index (χ3v) is 4.94. The molecule has 31 heavy (non-hydrogen) atoms. The molecule has 0 spiro atoms. The standard InChI is InChI=1S/C21H20N4O5S/c1-28-15-10-14(11-16(13-15)29-2)12-19-23-21-20(22-8-9-25(21)24-19)17-6-4-5-7-18(17)30-31(3,26)27/h4-11,13H,12H2,1-3H3. The smallest absolute Gasteiger partial charge is 0.306 e. The molecule has 160 valence electrons. The monoisotopic (exact) mass is 440 g/mol. The molecule has 0 atom stereocenters. The molecule has 0 bridgehead atoms. The largest absolute Gasteiger partial charge is 0.497 e. The van der Waals surface area contributed by atoms with Crippen LogP contribution in [0.4, 0.5) is 0 Å². The average Bonchev–Trinajstić information content (AvgIpc) is 3.15. The van der Waals surface area contributed by atoms with E-state index in [0.717, 1.165) is 11.8 Å². The Morgan fingerprint density at radius 1 is 1.03 bits per heavy atom. The second-order valence-corrected chi connectivity index (χ2v) is 8.33. The second-order valence-electron chi connectivity index (χ2n) is 6.75. The van der Waals surface area contributed by atoms with Gasteiger partial charge < -0.3 is 13.7 Å². The van der Waals surface area contributed by atoms with Gasteiger partial charge in [-0.15, -0.1) is 0 Å². The SMILES string of the molecule is COc1cc(Cc2nc3c(-c4ccccc4OS(C)(=O)=O)nccn3n2)cc(OC)c1. The van der Waals surface area contributed by atoms with E-state index in [-0.39, 0.29) is 5.75 Å². The maximum atomic E-state index is 11.7. The molecule has 0 aliphatic rings. The van der Waals surface area contributed by atoms with Crippen LogP contribution in [0.3, 0.4) is 0 Å². The van der Waals surface area contributed by atoms with Gasteiger partial charge in [0, 0.05) is 30.4 Å². The Morgan fingerprint density at radius 3 is 2.42 bits per heavy atom. The fraction of sp³-hybridized carbons (Fsp3) is 0.190. The molecule has 4 rings (SSSR count). The number of hydrogen-bond donors (Lipinski definition) is 0. The van der Waals surface area contributed by atoms with Gasteiger partial charge in [-0.3, -0.25) is 4.98 Å². The number of aromatic nitrogens is 4. The van der Waals surface area contributed by atoms with Gasteiger partial charge in [0.25, 0.3) is 0 Å². The van der Waals surface area contributed by atoms with Crippen molar-refractivity contribution in [3.63, 3.8) is 0 Å². The molecule has 0 saturated carbocycles. The fourth-order valence-electron chi connectivity index (χ4n) is 3.18. The zero-order valence-electron chi connectivity index (χ0n) is 17.1. The van der Waals surface area contributed by atoms with Crippen molar-refractivity contribution < 1.29 is 22.1 Å². The van der Waals surface area contributed by atoms with Crippen LogP contribution in [0.5, 0.6) is 17.2 Å². The van der Waals surface area contributed by atoms with Crippen molar-refractivity contribution in [1.29, 1.82) is 0 Å². The first kappa shape index (κ1) is 20.6. The Labute approximate surface area is 179 Å². The van der Waals surface area contributed by atoms with Crippen molar-refractivity contribution in [1.82, 2.24) is 19.6 Å². The molecule has 2 aromatic carbocycles. The van der Waals surface area contributed by atoms with E-state index in [2.05, 4.69) is 15.1 Å². The first-order valence-electron chi connectivity index (χ1n) is 9.27. The highest BCUT2D eigenvalue weighted by Crippen LogP contribution is 2.31. The minimum Gasteiger partial charge on any atom is -0.497 e. The Bertz CT molecular complexity index is 1330. The molecule has 0 fully saturated rings. The Morgan fingerprint density at radius 2 is 1.74 bits per heavy atom. The van der Waals surface area contributed by atoms with Crippen LogP contribution < -0.4 is 13.7 Å². The van der Waals surface area contributed by atoms with Crippen LogP contribution in [0.1, 0.15) is 11.4 Å². The summed E-state index contributed by atoms with van der Waals surface area (Å²) in [6, 6.07) is 12.3. The van der Waals surface area contributed by atoms with Gasteiger partial charge in [0.05, 0.1) is 20.5 Å². The number of ether oxygens (including phenoxy) is 2. The van der Waals surface area contributed by atoms with Gasteiger partial charge in [0.2, 0.25) is 0 Å². The number of hydrogen-bond acceptors (Lipinski definition) is 8. The van der Waals surface area contributed by atoms with E-state index in [1.807, 2.05) is 12.1 Å². The van der Waals surface area contributed by atoms with Crippen LogP contribution in [-0.2, 0) is 16.5 Å². The maximum absolute atomic E-state index is 11.7. The molecular formula is C21H20N4O5S. The van der Waals surface area contributed by atoms with E-state index in [0.29, 0.717) is 40.6 Å². The van der Waals surface area contributed by atoms with Crippen molar-refractivity contribution >= 4 is 15.8 Å². The van der Waals surface area contributed by atoms with Gasteiger partial charge in [-0.1, -0.05) is 12.1 Å². The summed E-state index contributed by atoms with van der Waals surface area (Å²) in [6.45, 7) is 0. The first-order chi connectivity index (χ1) is 14.9. The van der Waals surface area contributed by atoms with Gasteiger partial charge in [0.15, 0.2) is 17.2 Å². The van der Waals surface area contributed by atoms with Crippen molar-refractivity contribution in [3.05, 3.63) is 66.2 Å². The quantitative estimate of drug-likeness (QED) is 0.404. The number of benzene rings is 2. The van der Waals surface area contributed by atoms with E-state index in [1.165, 1.54) is 0 Å². The van der Waals surface area contributed by atoms with Crippen LogP contribution in [0.15, 0.2) is 54.9 Å². The summed E-state index contributed by atoms with van der Waals surface area (Å²) in [5, 5.41) is 4.53. The summed E-state index contributed by atoms with van der Waals surface area (Å²) in [5.41, 5.74) is 2.36. The molecule has 0 aliphatic heterocycles. The van der Waals surface area contributed by atoms with Crippen LogP contribution >= 0.6 is 0 Å². The van der Waals surface area contributed by atoms with Crippen molar-refractivity contribution in [2.24, 2.45) is 0 Å². The van der Waals surface area contributed by atoms with Gasteiger partial charge in [0.1, 0.15) is 17.2 Å². The minimum atomic E-state index is -3.70. The summed E-state index contributed by atoms with van der Waals surface area (Å²) < 4.78 is 40.7. The van der Waals surface area contributed by atoms with E-state index in [9.17, 15) is 8.42 Å². The van der Waals surface area contributed by atoms with Crippen LogP contribution in [0, 0.1) is 0 Å². The van der Waals surface area contributed by atoms with Crippen LogP contribution in [0.25, 0.3) is 16.9 Å². The summed E-state index contributed by atoms with van der Waals surface area (Å²) in [5.74, 6) is 2.08. The molecule has 0 N–H and O–H groups in total. The van der Waals surface area contributed by atoms with Crippen LogP contribution in [0.2, 0.25) is 0 Å². The molecule has 0 radical (unpaired) electrons. The van der Waals surface area contributed by atoms with Gasteiger partial charge >= 0.3 is 10.1 Å². The third-order valence-electron chi connectivity index (χ3n) is 4.46. The zero-order chi connectivity index (χ0) is 22.0. The van der Waals surface area contributed by atoms with Crippen molar-refractivity contribution in [2.45, 2.75) is 6.42 Å².